The molecule has 2 heterocycles. The molecule has 1 saturated heterocycles. The number of aromatic amines is 1. The molecule has 0 bridgehead atoms. The molecule has 1 fully saturated rings. The largest absolute Gasteiger partial charge is 0.313 e. The number of hydrogen-bond donors (Lipinski definition) is 2. The molecule has 5 heteroatoms. The normalized spacial score (nSPS) is 23.8. The Balaban J connectivity index is 1.62. The molecule has 0 spiro atoms. The highest BCUT2D eigenvalue weighted by Gasteiger charge is 2.27. The summed E-state index contributed by atoms with van der Waals surface area (Å²) in [5, 5.41) is 10.4. The SMILES string of the molecule is CC1(C)CSCC(NCCCc2ncn[nH]2)C1. The zero-order chi connectivity index (χ0) is 12.1. The molecule has 2 rings (SSSR count). The van der Waals surface area contributed by atoms with Crippen molar-refractivity contribution in [1.29, 1.82) is 0 Å². The Morgan fingerprint density at radius 2 is 2.47 bits per heavy atom. The first-order valence-electron chi connectivity index (χ1n) is 6.31. The van der Waals surface area contributed by atoms with Crippen molar-refractivity contribution in [2.75, 3.05) is 18.1 Å². The van der Waals surface area contributed by atoms with E-state index in [9.17, 15) is 0 Å². The molecule has 0 radical (unpaired) electrons. The second-order valence-electron chi connectivity index (χ2n) is 5.57. The van der Waals surface area contributed by atoms with Crippen LogP contribution < -0.4 is 5.32 Å². The lowest BCUT2D eigenvalue weighted by Gasteiger charge is -2.35. The molecule has 4 nitrogen and oxygen atoms in total. The van der Waals surface area contributed by atoms with E-state index in [1.165, 1.54) is 17.9 Å². The molecule has 96 valence electrons. The number of rotatable bonds is 5. The Morgan fingerprint density at radius 1 is 1.59 bits per heavy atom. The van der Waals surface area contributed by atoms with E-state index >= 15 is 0 Å². The van der Waals surface area contributed by atoms with Crippen molar-refractivity contribution in [3.8, 4) is 0 Å². The van der Waals surface area contributed by atoms with E-state index in [2.05, 4.69) is 46.1 Å². The zero-order valence-electron chi connectivity index (χ0n) is 10.7. The van der Waals surface area contributed by atoms with Crippen molar-refractivity contribution >= 4 is 11.8 Å². The third-order valence-corrected chi connectivity index (χ3v) is 4.72. The molecule has 1 aromatic heterocycles. The van der Waals surface area contributed by atoms with Gasteiger partial charge in [0.05, 0.1) is 0 Å². The molecule has 1 aliphatic rings. The van der Waals surface area contributed by atoms with Crippen LogP contribution in [0.25, 0.3) is 0 Å². The van der Waals surface area contributed by atoms with Gasteiger partial charge in [0, 0.05) is 18.2 Å². The second kappa shape index (κ2) is 5.87. The lowest BCUT2D eigenvalue weighted by molar-refractivity contribution is 0.318. The summed E-state index contributed by atoms with van der Waals surface area (Å²) in [6.45, 7) is 5.80. The number of H-pyrrole nitrogens is 1. The van der Waals surface area contributed by atoms with Gasteiger partial charge in [0.1, 0.15) is 12.2 Å². The summed E-state index contributed by atoms with van der Waals surface area (Å²) in [5.74, 6) is 3.54. The van der Waals surface area contributed by atoms with Crippen LogP contribution in [-0.2, 0) is 6.42 Å². The number of thioether (sulfide) groups is 1. The lowest BCUT2D eigenvalue weighted by atomic mass is 9.88. The smallest absolute Gasteiger partial charge is 0.137 e. The first-order valence-corrected chi connectivity index (χ1v) is 7.47. The second-order valence-corrected chi connectivity index (χ2v) is 6.60. The van der Waals surface area contributed by atoms with E-state index in [4.69, 9.17) is 0 Å². The van der Waals surface area contributed by atoms with Gasteiger partial charge in [-0.25, -0.2) is 4.98 Å². The van der Waals surface area contributed by atoms with Gasteiger partial charge in [-0.3, -0.25) is 5.10 Å². The van der Waals surface area contributed by atoms with Gasteiger partial charge < -0.3 is 5.32 Å². The number of nitrogens with zero attached hydrogens (tertiary/aromatic N) is 2. The Labute approximate surface area is 107 Å². The van der Waals surface area contributed by atoms with Crippen LogP contribution in [-0.4, -0.2) is 39.3 Å². The zero-order valence-corrected chi connectivity index (χ0v) is 11.5. The average Bonchev–Trinajstić information content (AvgIpc) is 2.76. The molecule has 1 aromatic rings. The Hall–Kier alpha value is -0.550. The van der Waals surface area contributed by atoms with E-state index in [1.807, 2.05) is 0 Å². The van der Waals surface area contributed by atoms with Gasteiger partial charge in [-0.15, -0.1) is 0 Å². The fourth-order valence-corrected chi connectivity index (χ4v) is 3.62. The Kier molecular flexibility index (Phi) is 4.45. The lowest BCUT2D eigenvalue weighted by Crippen LogP contribution is -2.40. The van der Waals surface area contributed by atoms with E-state index < -0.39 is 0 Å². The van der Waals surface area contributed by atoms with Gasteiger partial charge in [0.25, 0.3) is 0 Å². The quantitative estimate of drug-likeness (QED) is 0.788. The fraction of sp³-hybridized carbons (Fsp3) is 0.833. The van der Waals surface area contributed by atoms with Gasteiger partial charge in [0.15, 0.2) is 0 Å². The highest BCUT2D eigenvalue weighted by atomic mass is 32.2. The minimum atomic E-state index is 0.492. The predicted molar refractivity (Wildman–Crippen MR) is 72.2 cm³/mol. The van der Waals surface area contributed by atoms with E-state index in [0.717, 1.165) is 25.2 Å². The Morgan fingerprint density at radius 3 is 3.18 bits per heavy atom. The molecule has 0 saturated carbocycles. The summed E-state index contributed by atoms with van der Waals surface area (Å²) in [5.41, 5.74) is 0.492. The van der Waals surface area contributed by atoms with Crippen molar-refractivity contribution < 1.29 is 0 Å². The van der Waals surface area contributed by atoms with Crippen LogP contribution in [0.1, 0.15) is 32.5 Å². The van der Waals surface area contributed by atoms with Gasteiger partial charge >= 0.3 is 0 Å². The monoisotopic (exact) mass is 254 g/mol. The third-order valence-electron chi connectivity index (χ3n) is 3.10. The van der Waals surface area contributed by atoms with Crippen molar-refractivity contribution in [1.82, 2.24) is 20.5 Å². The summed E-state index contributed by atoms with van der Waals surface area (Å²) >= 11 is 2.07. The summed E-state index contributed by atoms with van der Waals surface area (Å²) in [6, 6.07) is 0.679. The first kappa shape index (κ1) is 12.9. The molecule has 0 aromatic carbocycles. The molecular formula is C12H22N4S. The van der Waals surface area contributed by atoms with Crippen molar-refractivity contribution in [2.45, 2.75) is 39.2 Å². The van der Waals surface area contributed by atoms with Crippen LogP contribution in [0.2, 0.25) is 0 Å². The van der Waals surface area contributed by atoms with Gasteiger partial charge in [-0.05, 0) is 30.6 Å². The van der Waals surface area contributed by atoms with Crippen LogP contribution in [0, 0.1) is 5.41 Å². The molecule has 1 atom stereocenters. The maximum Gasteiger partial charge on any atom is 0.137 e. The molecule has 0 amide bonds. The van der Waals surface area contributed by atoms with Crippen molar-refractivity contribution in [2.24, 2.45) is 5.41 Å². The molecule has 17 heavy (non-hydrogen) atoms. The van der Waals surface area contributed by atoms with Gasteiger partial charge in [-0.2, -0.15) is 16.9 Å². The molecule has 2 N–H and O–H groups in total. The standard InChI is InChI=1S/C12H22N4S/c1-12(2)6-10(7-17-8-12)13-5-3-4-11-14-9-15-16-11/h9-10,13H,3-8H2,1-2H3,(H,14,15,16). The first-order chi connectivity index (χ1) is 8.16. The van der Waals surface area contributed by atoms with E-state index in [0.29, 0.717) is 11.5 Å². The number of aromatic nitrogens is 3. The van der Waals surface area contributed by atoms with Crippen LogP contribution in [0.15, 0.2) is 6.33 Å². The number of hydrogen-bond acceptors (Lipinski definition) is 4. The maximum atomic E-state index is 4.13. The molecule has 0 aliphatic carbocycles. The highest BCUT2D eigenvalue weighted by molar-refractivity contribution is 7.99. The number of nitrogens with one attached hydrogen (secondary N) is 2. The van der Waals surface area contributed by atoms with Crippen molar-refractivity contribution in [3.05, 3.63) is 12.2 Å². The topological polar surface area (TPSA) is 53.6 Å². The van der Waals surface area contributed by atoms with Crippen molar-refractivity contribution in [3.63, 3.8) is 0 Å². The fourth-order valence-electron chi connectivity index (χ4n) is 2.31. The van der Waals surface area contributed by atoms with E-state index in [1.54, 1.807) is 6.33 Å². The minimum Gasteiger partial charge on any atom is -0.313 e. The molecule has 1 unspecified atom stereocenters. The third kappa shape index (κ3) is 4.32. The molecule has 1 aliphatic heterocycles. The van der Waals surface area contributed by atoms with Crippen LogP contribution in [0.3, 0.4) is 0 Å². The molecular weight excluding hydrogens is 232 g/mol. The predicted octanol–water partition coefficient (Wildman–Crippen LogP) is 1.86. The summed E-state index contributed by atoms with van der Waals surface area (Å²) in [4.78, 5) is 4.13. The maximum absolute atomic E-state index is 4.13. The minimum absolute atomic E-state index is 0.492. The number of aryl methyl sites for hydroxylation is 1. The summed E-state index contributed by atoms with van der Waals surface area (Å²) in [7, 11) is 0. The van der Waals surface area contributed by atoms with Crippen LogP contribution in [0.5, 0.6) is 0 Å². The van der Waals surface area contributed by atoms with Gasteiger partial charge in [0.2, 0.25) is 0 Å². The van der Waals surface area contributed by atoms with Crippen LogP contribution >= 0.6 is 11.8 Å². The average molecular weight is 254 g/mol. The van der Waals surface area contributed by atoms with Crippen LogP contribution in [0.4, 0.5) is 0 Å². The highest BCUT2D eigenvalue weighted by Crippen LogP contribution is 2.33. The van der Waals surface area contributed by atoms with Gasteiger partial charge in [-0.1, -0.05) is 13.8 Å². The van der Waals surface area contributed by atoms with E-state index in [-0.39, 0.29) is 0 Å². The summed E-state index contributed by atoms with van der Waals surface area (Å²) in [6.07, 6.45) is 4.97. The Bertz CT molecular complexity index is 323. The summed E-state index contributed by atoms with van der Waals surface area (Å²) < 4.78 is 0.